The van der Waals surface area contributed by atoms with Crippen LogP contribution < -0.4 is 0 Å². The highest BCUT2D eigenvalue weighted by atomic mass is 19.1. The Hall–Kier alpha value is -2.24. The number of carboxylic acid groups (broad SMARTS) is 1. The predicted molar refractivity (Wildman–Crippen MR) is 74.5 cm³/mol. The molecular weight excluding hydrogens is 273 g/mol. The van der Waals surface area contributed by atoms with Gasteiger partial charge in [0.05, 0.1) is 12.2 Å². The zero-order chi connectivity index (χ0) is 14.8. The van der Waals surface area contributed by atoms with Crippen molar-refractivity contribution in [3.8, 4) is 11.3 Å². The zero-order valence-corrected chi connectivity index (χ0v) is 11.5. The van der Waals surface area contributed by atoms with Crippen LogP contribution in [-0.2, 0) is 0 Å². The topological polar surface area (TPSA) is 68.0 Å². The molecule has 21 heavy (non-hydrogen) atoms. The van der Waals surface area contributed by atoms with Crippen LogP contribution in [0.1, 0.15) is 48.5 Å². The van der Waals surface area contributed by atoms with Crippen LogP contribution in [0.2, 0.25) is 0 Å². The molecule has 0 amide bonds. The monoisotopic (exact) mass is 289 g/mol. The fourth-order valence-corrected chi connectivity index (χ4v) is 2.84. The van der Waals surface area contributed by atoms with E-state index in [0.29, 0.717) is 5.56 Å². The maximum absolute atomic E-state index is 13.3. The summed E-state index contributed by atoms with van der Waals surface area (Å²) in [6.07, 6.45) is 9.55. The highest BCUT2D eigenvalue weighted by Crippen LogP contribution is 2.30. The molecular formula is C15H16FN3O2. The molecule has 1 fully saturated rings. The molecule has 110 valence electrons. The molecule has 0 bridgehead atoms. The quantitative estimate of drug-likeness (QED) is 0.941. The molecule has 0 atom stereocenters. The molecule has 0 unspecified atom stereocenters. The van der Waals surface area contributed by atoms with E-state index in [1.807, 2.05) is 0 Å². The van der Waals surface area contributed by atoms with Gasteiger partial charge in [0.15, 0.2) is 0 Å². The summed E-state index contributed by atoms with van der Waals surface area (Å²) in [6, 6.07) is 1.49. The molecule has 1 saturated carbocycles. The maximum atomic E-state index is 13.3. The summed E-state index contributed by atoms with van der Waals surface area (Å²) in [6.45, 7) is 0. The third-order valence-electron chi connectivity index (χ3n) is 3.89. The van der Waals surface area contributed by atoms with Gasteiger partial charge in [0.2, 0.25) is 0 Å². The van der Waals surface area contributed by atoms with Crippen LogP contribution in [0.3, 0.4) is 0 Å². The van der Waals surface area contributed by atoms with Gasteiger partial charge in [0.25, 0.3) is 0 Å². The largest absolute Gasteiger partial charge is 0.478 e. The number of carboxylic acids is 1. The van der Waals surface area contributed by atoms with Crippen molar-refractivity contribution in [3.63, 3.8) is 0 Å². The first kappa shape index (κ1) is 13.7. The number of nitrogens with zero attached hydrogens (tertiary/aromatic N) is 3. The number of aromatic nitrogens is 3. The first-order chi connectivity index (χ1) is 10.1. The summed E-state index contributed by atoms with van der Waals surface area (Å²) in [7, 11) is 0. The summed E-state index contributed by atoms with van der Waals surface area (Å²) >= 11 is 0. The first-order valence-corrected chi connectivity index (χ1v) is 7.08. The Morgan fingerprint density at radius 3 is 2.71 bits per heavy atom. The van der Waals surface area contributed by atoms with E-state index in [1.54, 1.807) is 10.9 Å². The minimum absolute atomic E-state index is 0.0907. The average Bonchev–Trinajstić information content (AvgIpc) is 2.93. The Morgan fingerprint density at radius 1 is 1.29 bits per heavy atom. The van der Waals surface area contributed by atoms with Crippen LogP contribution in [0.25, 0.3) is 11.3 Å². The van der Waals surface area contributed by atoms with Crippen molar-refractivity contribution >= 4 is 5.97 Å². The number of hydrogen-bond acceptors (Lipinski definition) is 3. The molecule has 0 saturated heterocycles. The van der Waals surface area contributed by atoms with Gasteiger partial charge in [-0.3, -0.25) is 9.67 Å². The molecule has 2 heterocycles. The molecule has 1 N–H and O–H groups in total. The normalized spacial score (nSPS) is 16.0. The van der Waals surface area contributed by atoms with Crippen LogP contribution in [0.4, 0.5) is 4.39 Å². The van der Waals surface area contributed by atoms with E-state index in [-0.39, 0.29) is 17.3 Å². The second kappa shape index (κ2) is 5.63. The highest BCUT2D eigenvalue weighted by Gasteiger charge is 2.22. The number of hydrogen-bond donors (Lipinski definition) is 1. The van der Waals surface area contributed by atoms with Crippen molar-refractivity contribution in [2.24, 2.45) is 0 Å². The van der Waals surface area contributed by atoms with E-state index in [2.05, 4.69) is 10.1 Å². The summed E-state index contributed by atoms with van der Waals surface area (Å²) < 4.78 is 15.0. The van der Waals surface area contributed by atoms with Gasteiger partial charge >= 0.3 is 5.97 Å². The number of pyridine rings is 1. The Balaban J connectivity index is 2.02. The molecule has 0 aliphatic heterocycles. The lowest BCUT2D eigenvalue weighted by molar-refractivity contribution is 0.0697. The molecule has 1 aliphatic carbocycles. The van der Waals surface area contributed by atoms with Gasteiger partial charge in [-0.15, -0.1) is 0 Å². The Bertz CT molecular complexity index is 663. The number of rotatable bonds is 3. The molecule has 0 aromatic carbocycles. The second-order valence-electron chi connectivity index (χ2n) is 5.36. The van der Waals surface area contributed by atoms with Crippen LogP contribution in [0.5, 0.6) is 0 Å². The molecule has 6 heteroatoms. The van der Waals surface area contributed by atoms with E-state index in [4.69, 9.17) is 0 Å². The van der Waals surface area contributed by atoms with Crippen molar-refractivity contribution in [2.75, 3.05) is 0 Å². The standard InChI is InChI=1S/C15H16FN3O2/c16-11-6-10(7-17-8-11)14-13(15(20)21)9-19(18-14)12-4-2-1-3-5-12/h6-9,12H,1-5H2,(H,20,21). The Morgan fingerprint density at radius 2 is 2.05 bits per heavy atom. The number of carbonyl (C=O) groups is 1. The van der Waals surface area contributed by atoms with Crippen molar-refractivity contribution in [3.05, 3.63) is 36.0 Å². The predicted octanol–water partition coefficient (Wildman–Crippen LogP) is 3.29. The van der Waals surface area contributed by atoms with Gasteiger partial charge in [-0.05, 0) is 18.9 Å². The van der Waals surface area contributed by atoms with Gasteiger partial charge < -0.3 is 5.11 Å². The van der Waals surface area contributed by atoms with Crippen LogP contribution in [0, 0.1) is 5.82 Å². The molecule has 5 nitrogen and oxygen atoms in total. The maximum Gasteiger partial charge on any atom is 0.339 e. The molecule has 0 radical (unpaired) electrons. The summed E-state index contributed by atoms with van der Waals surface area (Å²) in [5.74, 6) is -1.56. The van der Waals surface area contributed by atoms with Crippen molar-refractivity contribution < 1.29 is 14.3 Å². The summed E-state index contributed by atoms with van der Waals surface area (Å²) in [5, 5.41) is 13.7. The Labute approximate surface area is 121 Å². The fraction of sp³-hybridized carbons (Fsp3) is 0.400. The minimum atomic E-state index is -1.06. The van der Waals surface area contributed by atoms with Gasteiger partial charge in [-0.2, -0.15) is 5.10 Å². The van der Waals surface area contributed by atoms with E-state index < -0.39 is 11.8 Å². The molecule has 0 spiro atoms. The summed E-state index contributed by atoms with van der Waals surface area (Å²) in [4.78, 5) is 15.2. The SMILES string of the molecule is O=C(O)c1cn(C2CCCCC2)nc1-c1cncc(F)c1. The van der Waals surface area contributed by atoms with Crippen molar-refractivity contribution in [2.45, 2.75) is 38.1 Å². The van der Waals surface area contributed by atoms with Crippen molar-refractivity contribution in [1.29, 1.82) is 0 Å². The van der Waals surface area contributed by atoms with Gasteiger partial charge in [-0.1, -0.05) is 19.3 Å². The van der Waals surface area contributed by atoms with E-state index in [0.717, 1.165) is 31.9 Å². The van der Waals surface area contributed by atoms with Crippen LogP contribution in [-0.4, -0.2) is 25.8 Å². The number of halogens is 1. The molecule has 3 rings (SSSR count). The van der Waals surface area contributed by atoms with Gasteiger partial charge in [0.1, 0.15) is 17.1 Å². The van der Waals surface area contributed by atoms with Crippen LogP contribution in [0.15, 0.2) is 24.7 Å². The van der Waals surface area contributed by atoms with E-state index >= 15 is 0 Å². The van der Waals surface area contributed by atoms with Crippen LogP contribution >= 0.6 is 0 Å². The average molecular weight is 289 g/mol. The van der Waals surface area contributed by atoms with Gasteiger partial charge in [0, 0.05) is 18.0 Å². The fourth-order valence-electron chi connectivity index (χ4n) is 2.84. The Kier molecular flexibility index (Phi) is 3.68. The summed E-state index contributed by atoms with van der Waals surface area (Å²) in [5.41, 5.74) is 0.759. The smallest absolute Gasteiger partial charge is 0.339 e. The lowest BCUT2D eigenvalue weighted by Crippen LogP contribution is -2.13. The third kappa shape index (κ3) is 2.79. The zero-order valence-electron chi connectivity index (χ0n) is 11.5. The molecule has 1 aliphatic rings. The van der Waals surface area contributed by atoms with Gasteiger partial charge in [-0.25, -0.2) is 9.18 Å². The first-order valence-electron chi connectivity index (χ1n) is 7.08. The lowest BCUT2D eigenvalue weighted by atomic mass is 9.96. The lowest BCUT2D eigenvalue weighted by Gasteiger charge is -2.21. The van der Waals surface area contributed by atoms with E-state index in [1.165, 1.54) is 18.7 Å². The number of aromatic carboxylic acids is 1. The highest BCUT2D eigenvalue weighted by molar-refractivity contribution is 5.94. The molecule has 2 aromatic rings. The third-order valence-corrected chi connectivity index (χ3v) is 3.89. The van der Waals surface area contributed by atoms with Crippen molar-refractivity contribution in [1.82, 2.24) is 14.8 Å². The molecule has 2 aromatic heterocycles. The minimum Gasteiger partial charge on any atom is -0.478 e. The second-order valence-corrected chi connectivity index (χ2v) is 5.36. The van der Waals surface area contributed by atoms with E-state index in [9.17, 15) is 14.3 Å².